The lowest BCUT2D eigenvalue weighted by Crippen LogP contribution is -2.55. The summed E-state index contributed by atoms with van der Waals surface area (Å²) in [5.41, 5.74) is -0.827. The molecular formula is C13H23ClN2O3. The van der Waals surface area contributed by atoms with Gasteiger partial charge in [0.2, 0.25) is 0 Å². The van der Waals surface area contributed by atoms with Crippen molar-refractivity contribution in [2.45, 2.75) is 51.2 Å². The number of nitrogens with one attached hydrogen (secondary N) is 1. The van der Waals surface area contributed by atoms with Crippen molar-refractivity contribution in [3.8, 4) is 0 Å². The summed E-state index contributed by atoms with van der Waals surface area (Å²) < 4.78 is 5.34. The maximum absolute atomic E-state index is 11.9. The van der Waals surface area contributed by atoms with E-state index in [2.05, 4.69) is 5.32 Å². The summed E-state index contributed by atoms with van der Waals surface area (Å²) in [5, 5.41) is 3.30. The fraction of sp³-hybridized carbons (Fsp3) is 0.846. The molecule has 2 saturated heterocycles. The van der Waals surface area contributed by atoms with Crippen LogP contribution in [0.5, 0.6) is 0 Å². The second-order valence-corrected chi connectivity index (χ2v) is 6.15. The molecule has 0 unspecified atom stereocenters. The highest BCUT2D eigenvalue weighted by Gasteiger charge is 2.44. The quantitative estimate of drug-likeness (QED) is 0.738. The Hall–Kier alpha value is -0.810. The summed E-state index contributed by atoms with van der Waals surface area (Å²) in [6.45, 7) is 7.53. The van der Waals surface area contributed by atoms with Crippen molar-refractivity contribution in [3.63, 3.8) is 0 Å². The van der Waals surface area contributed by atoms with Crippen LogP contribution in [0.2, 0.25) is 0 Å². The maximum Gasteiger partial charge on any atom is 0.410 e. The number of ether oxygens (including phenoxy) is 1. The molecule has 1 amide bonds. The lowest BCUT2D eigenvalue weighted by Gasteiger charge is -2.38. The molecule has 0 aliphatic carbocycles. The van der Waals surface area contributed by atoms with Gasteiger partial charge in [0.25, 0.3) is 0 Å². The first-order chi connectivity index (χ1) is 8.32. The third-order valence-electron chi connectivity index (χ3n) is 3.62. The normalized spacial score (nSPS) is 22.3. The first kappa shape index (κ1) is 16.2. The van der Waals surface area contributed by atoms with E-state index in [1.807, 2.05) is 20.8 Å². The van der Waals surface area contributed by atoms with Gasteiger partial charge in [0, 0.05) is 26.1 Å². The van der Waals surface area contributed by atoms with Crippen LogP contribution in [0.25, 0.3) is 0 Å². The topological polar surface area (TPSA) is 58.6 Å². The Balaban J connectivity index is 0.00000180. The van der Waals surface area contributed by atoms with Gasteiger partial charge in [0.1, 0.15) is 5.60 Å². The highest BCUT2D eigenvalue weighted by Crippen LogP contribution is 2.28. The molecule has 2 rings (SSSR count). The molecule has 2 aliphatic heterocycles. The summed E-state index contributed by atoms with van der Waals surface area (Å²) in [6, 6.07) is 0. The first-order valence-electron chi connectivity index (χ1n) is 6.59. The van der Waals surface area contributed by atoms with Crippen LogP contribution in [0.3, 0.4) is 0 Å². The van der Waals surface area contributed by atoms with Crippen molar-refractivity contribution in [2.24, 2.45) is 0 Å². The fourth-order valence-electron chi connectivity index (χ4n) is 2.61. The Morgan fingerprint density at radius 1 is 1.32 bits per heavy atom. The predicted octanol–water partition coefficient (Wildman–Crippen LogP) is 1.74. The van der Waals surface area contributed by atoms with Crippen LogP contribution in [-0.4, -0.2) is 47.6 Å². The van der Waals surface area contributed by atoms with Gasteiger partial charge in [0.05, 0.1) is 5.54 Å². The molecule has 2 heterocycles. The minimum Gasteiger partial charge on any atom is -0.444 e. The van der Waals surface area contributed by atoms with E-state index >= 15 is 0 Å². The van der Waals surface area contributed by atoms with Crippen molar-refractivity contribution in [1.29, 1.82) is 0 Å². The van der Waals surface area contributed by atoms with Gasteiger partial charge < -0.3 is 15.0 Å². The molecule has 6 heteroatoms. The smallest absolute Gasteiger partial charge is 0.410 e. The lowest BCUT2D eigenvalue weighted by molar-refractivity contribution is -0.124. The highest BCUT2D eigenvalue weighted by atomic mass is 35.5. The molecular weight excluding hydrogens is 268 g/mol. The van der Waals surface area contributed by atoms with E-state index < -0.39 is 5.60 Å². The third kappa shape index (κ3) is 3.60. The first-order valence-corrected chi connectivity index (χ1v) is 6.59. The van der Waals surface area contributed by atoms with Gasteiger partial charge in [-0.3, -0.25) is 4.79 Å². The molecule has 110 valence electrons. The third-order valence-corrected chi connectivity index (χ3v) is 3.62. The Morgan fingerprint density at radius 3 is 2.32 bits per heavy atom. The second kappa shape index (κ2) is 5.67. The van der Waals surface area contributed by atoms with Gasteiger partial charge in [-0.15, -0.1) is 12.4 Å². The van der Waals surface area contributed by atoms with Gasteiger partial charge in [0.15, 0.2) is 5.78 Å². The number of hydrogen-bond acceptors (Lipinski definition) is 4. The fourth-order valence-corrected chi connectivity index (χ4v) is 2.61. The van der Waals surface area contributed by atoms with E-state index in [0.717, 1.165) is 6.54 Å². The van der Waals surface area contributed by atoms with Crippen molar-refractivity contribution >= 4 is 24.3 Å². The molecule has 0 atom stereocenters. The summed E-state index contributed by atoms with van der Waals surface area (Å²) >= 11 is 0. The molecule has 5 nitrogen and oxygen atoms in total. The van der Waals surface area contributed by atoms with Crippen LogP contribution < -0.4 is 5.32 Å². The molecule has 2 fully saturated rings. The summed E-state index contributed by atoms with van der Waals surface area (Å²) in [4.78, 5) is 25.5. The average Bonchev–Trinajstić information content (AvgIpc) is 2.59. The summed E-state index contributed by atoms with van der Waals surface area (Å²) in [6.07, 6.45) is 1.74. The Kier molecular flexibility index (Phi) is 4.85. The number of likely N-dealkylation sites (tertiary alicyclic amines) is 1. The molecule has 2 aliphatic rings. The molecule has 0 aromatic rings. The number of rotatable bonds is 0. The molecule has 1 N–H and O–H groups in total. The zero-order valence-corrected chi connectivity index (χ0v) is 12.6. The van der Waals surface area contributed by atoms with E-state index in [-0.39, 0.29) is 24.0 Å². The lowest BCUT2D eigenvalue weighted by atomic mass is 9.85. The number of halogens is 1. The number of piperidine rings is 1. The summed E-state index contributed by atoms with van der Waals surface area (Å²) in [5.74, 6) is 0.298. The van der Waals surface area contributed by atoms with E-state index in [4.69, 9.17) is 4.74 Å². The number of nitrogens with zero attached hydrogens (tertiary/aromatic N) is 1. The standard InChI is InChI=1S/C13H22N2O3.ClH/c1-12(2,3)18-11(17)15-8-5-13(6-9-15)10(16)4-7-14-13;/h14H,4-9H2,1-3H3;1H. The molecule has 19 heavy (non-hydrogen) atoms. The monoisotopic (exact) mass is 290 g/mol. The molecule has 0 bridgehead atoms. The molecule has 0 radical (unpaired) electrons. The Bertz CT molecular complexity index is 357. The van der Waals surface area contributed by atoms with E-state index in [9.17, 15) is 9.59 Å². The van der Waals surface area contributed by atoms with Crippen LogP contribution in [0.15, 0.2) is 0 Å². The van der Waals surface area contributed by atoms with Gasteiger partial charge in [-0.25, -0.2) is 4.79 Å². The summed E-state index contributed by atoms with van der Waals surface area (Å²) in [7, 11) is 0. The minimum atomic E-state index is -0.465. The number of ketones is 1. The van der Waals surface area contributed by atoms with Gasteiger partial charge in [-0.2, -0.15) is 0 Å². The van der Waals surface area contributed by atoms with Crippen molar-refractivity contribution in [1.82, 2.24) is 10.2 Å². The van der Waals surface area contributed by atoms with Gasteiger partial charge in [-0.1, -0.05) is 0 Å². The molecule has 0 aromatic carbocycles. The van der Waals surface area contributed by atoms with E-state index in [0.29, 0.717) is 38.1 Å². The molecule has 1 spiro atoms. The zero-order valence-electron chi connectivity index (χ0n) is 11.8. The number of Topliss-reactive ketones (excluding diaryl/α,β-unsaturated/α-hetero) is 1. The Labute approximate surface area is 120 Å². The molecule has 0 saturated carbocycles. The predicted molar refractivity (Wildman–Crippen MR) is 74.6 cm³/mol. The average molecular weight is 291 g/mol. The molecule has 0 aromatic heterocycles. The van der Waals surface area contributed by atoms with Crippen LogP contribution >= 0.6 is 12.4 Å². The van der Waals surface area contributed by atoms with Crippen molar-refractivity contribution in [3.05, 3.63) is 0 Å². The van der Waals surface area contributed by atoms with Crippen LogP contribution in [0, 0.1) is 0 Å². The van der Waals surface area contributed by atoms with Crippen LogP contribution in [0.1, 0.15) is 40.0 Å². The van der Waals surface area contributed by atoms with E-state index in [1.165, 1.54) is 0 Å². The number of carbonyl (C=O) groups excluding carboxylic acids is 2. The van der Waals surface area contributed by atoms with E-state index in [1.54, 1.807) is 4.90 Å². The van der Waals surface area contributed by atoms with Crippen LogP contribution in [0.4, 0.5) is 4.79 Å². The minimum absolute atomic E-state index is 0. The van der Waals surface area contributed by atoms with Crippen molar-refractivity contribution in [2.75, 3.05) is 19.6 Å². The van der Waals surface area contributed by atoms with Crippen LogP contribution in [-0.2, 0) is 9.53 Å². The largest absolute Gasteiger partial charge is 0.444 e. The maximum atomic E-state index is 11.9. The number of hydrogen-bond donors (Lipinski definition) is 1. The number of amides is 1. The highest BCUT2D eigenvalue weighted by molar-refractivity contribution is 5.91. The Morgan fingerprint density at radius 2 is 1.89 bits per heavy atom. The van der Waals surface area contributed by atoms with Gasteiger partial charge in [-0.05, 0) is 33.6 Å². The van der Waals surface area contributed by atoms with Gasteiger partial charge >= 0.3 is 6.09 Å². The number of carbonyl (C=O) groups is 2. The second-order valence-electron chi connectivity index (χ2n) is 6.15. The van der Waals surface area contributed by atoms with Crippen molar-refractivity contribution < 1.29 is 14.3 Å². The zero-order chi connectivity index (χ0) is 13.4. The SMILES string of the molecule is CC(C)(C)OC(=O)N1CCC2(CC1)NCCC2=O.Cl.